The number of aromatic nitrogens is 3. The van der Waals surface area contributed by atoms with Gasteiger partial charge in [-0.2, -0.15) is 4.98 Å². The van der Waals surface area contributed by atoms with Gasteiger partial charge in [0.25, 0.3) is 5.89 Å². The monoisotopic (exact) mass is 329 g/mol. The van der Waals surface area contributed by atoms with E-state index in [0.717, 1.165) is 12.0 Å². The molecule has 0 unspecified atom stereocenters. The van der Waals surface area contributed by atoms with E-state index in [1.807, 2.05) is 12.1 Å². The Hall–Kier alpha value is -2.54. The van der Waals surface area contributed by atoms with Crippen LogP contribution >= 0.6 is 0 Å². The first-order valence-electron chi connectivity index (χ1n) is 7.07. The van der Waals surface area contributed by atoms with Crippen molar-refractivity contribution in [3.63, 3.8) is 0 Å². The van der Waals surface area contributed by atoms with Crippen LogP contribution in [0.1, 0.15) is 12.5 Å². The van der Waals surface area contributed by atoms with Crippen LogP contribution in [0.5, 0.6) is 0 Å². The number of benzene rings is 1. The SMILES string of the molecule is CCc1ccnc(-c2noc(-c3ccc(S(C)(=O)=O)cc3)n2)c1. The second-order valence-corrected chi connectivity index (χ2v) is 7.14. The number of hydrogen-bond acceptors (Lipinski definition) is 6. The number of pyridine rings is 1. The summed E-state index contributed by atoms with van der Waals surface area (Å²) in [4.78, 5) is 8.82. The molecular weight excluding hydrogens is 314 g/mol. The van der Waals surface area contributed by atoms with Crippen LogP contribution in [0.3, 0.4) is 0 Å². The maximum absolute atomic E-state index is 11.5. The Labute approximate surface area is 134 Å². The third-order valence-electron chi connectivity index (χ3n) is 3.42. The summed E-state index contributed by atoms with van der Waals surface area (Å²) >= 11 is 0. The summed E-state index contributed by atoms with van der Waals surface area (Å²) in [5.74, 6) is 0.728. The van der Waals surface area contributed by atoms with Crippen molar-refractivity contribution in [3.05, 3.63) is 48.2 Å². The van der Waals surface area contributed by atoms with Gasteiger partial charge in [-0.3, -0.25) is 4.98 Å². The Kier molecular flexibility index (Phi) is 3.96. The van der Waals surface area contributed by atoms with E-state index < -0.39 is 9.84 Å². The molecule has 0 aliphatic heterocycles. The molecule has 2 aromatic heterocycles. The van der Waals surface area contributed by atoms with Crippen molar-refractivity contribution in [1.29, 1.82) is 0 Å². The Morgan fingerprint density at radius 2 is 1.87 bits per heavy atom. The lowest BCUT2D eigenvalue weighted by Crippen LogP contribution is -1.96. The van der Waals surface area contributed by atoms with Crippen LogP contribution in [-0.2, 0) is 16.3 Å². The minimum absolute atomic E-state index is 0.248. The lowest BCUT2D eigenvalue weighted by Gasteiger charge is -1.99. The quantitative estimate of drug-likeness (QED) is 0.731. The zero-order valence-electron chi connectivity index (χ0n) is 12.7. The van der Waals surface area contributed by atoms with Crippen LogP contribution in [0.15, 0.2) is 52.0 Å². The first-order valence-corrected chi connectivity index (χ1v) is 8.96. The maximum atomic E-state index is 11.5. The number of nitrogens with zero attached hydrogens (tertiary/aromatic N) is 3. The van der Waals surface area contributed by atoms with Crippen molar-refractivity contribution in [2.45, 2.75) is 18.2 Å². The van der Waals surface area contributed by atoms with E-state index in [1.165, 1.54) is 18.4 Å². The first-order chi connectivity index (χ1) is 11.0. The van der Waals surface area contributed by atoms with Crippen LogP contribution in [0.2, 0.25) is 0 Å². The third-order valence-corrected chi connectivity index (χ3v) is 4.55. The van der Waals surface area contributed by atoms with E-state index >= 15 is 0 Å². The lowest BCUT2D eigenvalue weighted by molar-refractivity contribution is 0.432. The molecule has 118 valence electrons. The molecule has 3 aromatic rings. The lowest BCUT2D eigenvalue weighted by atomic mass is 10.2. The van der Waals surface area contributed by atoms with E-state index in [4.69, 9.17) is 4.52 Å². The van der Waals surface area contributed by atoms with Gasteiger partial charge in [0.2, 0.25) is 5.82 Å². The van der Waals surface area contributed by atoms with Crippen molar-refractivity contribution in [1.82, 2.24) is 15.1 Å². The summed E-state index contributed by atoms with van der Waals surface area (Å²) in [6.07, 6.45) is 3.78. The molecular formula is C16H15N3O3S. The predicted molar refractivity (Wildman–Crippen MR) is 85.5 cm³/mol. The van der Waals surface area contributed by atoms with E-state index in [2.05, 4.69) is 22.0 Å². The van der Waals surface area contributed by atoms with Gasteiger partial charge in [0.05, 0.1) is 4.90 Å². The zero-order chi connectivity index (χ0) is 16.4. The molecule has 0 aliphatic carbocycles. The fourth-order valence-corrected chi connectivity index (χ4v) is 2.74. The van der Waals surface area contributed by atoms with Crippen LogP contribution in [0.25, 0.3) is 23.0 Å². The smallest absolute Gasteiger partial charge is 0.258 e. The normalized spacial score (nSPS) is 11.6. The second-order valence-electron chi connectivity index (χ2n) is 5.12. The molecule has 0 spiro atoms. The Morgan fingerprint density at radius 3 is 2.52 bits per heavy atom. The van der Waals surface area contributed by atoms with Gasteiger partial charge in [0, 0.05) is 18.0 Å². The van der Waals surface area contributed by atoms with Gasteiger partial charge in [0.15, 0.2) is 9.84 Å². The highest BCUT2D eigenvalue weighted by atomic mass is 32.2. The molecule has 0 N–H and O–H groups in total. The van der Waals surface area contributed by atoms with Gasteiger partial charge in [-0.25, -0.2) is 8.42 Å². The molecule has 1 aromatic carbocycles. The first kappa shape index (κ1) is 15.4. The molecule has 2 heterocycles. The average Bonchev–Trinajstić information content (AvgIpc) is 3.04. The minimum Gasteiger partial charge on any atom is -0.334 e. The summed E-state index contributed by atoms with van der Waals surface area (Å²) in [6.45, 7) is 2.06. The number of sulfone groups is 1. The van der Waals surface area contributed by atoms with Crippen molar-refractivity contribution in [2.24, 2.45) is 0 Å². The molecule has 3 rings (SSSR count). The van der Waals surface area contributed by atoms with E-state index in [9.17, 15) is 8.42 Å². The largest absolute Gasteiger partial charge is 0.334 e. The van der Waals surface area contributed by atoms with Gasteiger partial charge in [-0.05, 0) is 48.4 Å². The van der Waals surface area contributed by atoms with Gasteiger partial charge in [-0.15, -0.1) is 0 Å². The van der Waals surface area contributed by atoms with Crippen molar-refractivity contribution in [3.8, 4) is 23.0 Å². The van der Waals surface area contributed by atoms with E-state index in [0.29, 0.717) is 23.0 Å². The van der Waals surface area contributed by atoms with Crippen LogP contribution in [0, 0.1) is 0 Å². The van der Waals surface area contributed by atoms with Crippen LogP contribution in [0.4, 0.5) is 0 Å². The predicted octanol–water partition coefficient (Wildman–Crippen LogP) is 2.76. The molecule has 0 radical (unpaired) electrons. The topological polar surface area (TPSA) is 86.0 Å². The van der Waals surface area contributed by atoms with E-state index in [1.54, 1.807) is 18.3 Å². The molecule has 0 aliphatic rings. The number of aryl methyl sites for hydroxylation is 1. The standard InChI is InChI=1S/C16H15N3O3S/c1-3-11-8-9-17-14(10-11)15-18-16(22-19-15)12-4-6-13(7-5-12)23(2,20)21/h4-10H,3H2,1-2H3. The number of hydrogen-bond donors (Lipinski definition) is 0. The maximum Gasteiger partial charge on any atom is 0.258 e. The molecule has 0 saturated carbocycles. The summed E-state index contributed by atoms with van der Waals surface area (Å²) in [5.41, 5.74) is 2.44. The second kappa shape index (κ2) is 5.92. The Balaban J connectivity index is 1.92. The Morgan fingerprint density at radius 1 is 1.13 bits per heavy atom. The highest BCUT2D eigenvalue weighted by Crippen LogP contribution is 2.23. The van der Waals surface area contributed by atoms with Crippen molar-refractivity contribution < 1.29 is 12.9 Å². The summed E-state index contributed by atoms with van der Waals surface area (Å²) < 4.78 is 28.2. The molecule has 23 heavy (non-hydrogen) atoms. The van der Waals surface area contributed by atoms with Gasteiger partial charge in [0.1, 0.15) is 5.69 Å². The molecule has 6 nitrogen and oxygen atoms in total. The van der Waals surface area contributed by atoms with Gasteiger partial charge < -0.3 is 4.52 Å². The van der Waals surface area contributed by atoms with Crippen LogP contribution in [-0.4, -0.2) is 29.8 Å². The highest BCUT2D eigenvalue weighted by Gasteiger charge is 2.13. The summed E-state index contributed by atoms with van der Waals surface area (Å²) in [6, 6.07) is 10.2. The average molecular weight is 329 g/mol. The van der Waals surface area contributed by atoms with Crippen molar-refractivity contribution in [2.75, 3.05) is 6.26 Å². The highest BCUT2D eigenvalue weighted by molar-refractivity contribution is 7.90. The van der Waals surface area contributed by atoms with Crippen LogP contribution < -0.4 is 0 Å². The molecule has 0 amide bonds. The molecule has 0 fully saturated rings. The van der Waals surface area contributed by atoms with E-state index in [-0.39, 0.29) is 4.90 Å². The summed E-state index contributed by atoms with van der Waals surface area (Å²) in [7, 11) is -3.22. The summed E-state index contributed by atoms with van der Waals surface area (Å²) in [5, 5.41) is 3.94. The van der Waals surface area contributed by atoms with Gasteiger partial charge >= 0.3 is 0 Å². The third kappa shape index (κ3) is 3.29. The fourth-order valence-electron chi connectivity index (χ4n) is 2.11. The number of rotatable bonds is 4. The Bertz CT molecular complexity index is 931. The van der Waals surface area contributed by atoms with Gasteiger partial charge in [-0.1, -0.05) is 12.1 Å². The zero-order valence-corrected chi connectivity index (χ0v) is 13.5. The minimum atomic E-state index is -3.22. The molecule has 0 atom stereocenters. The van der Waals surface area contributed by atoms with Crippen molar-refractivity contribution >= 4 is 9.84 Å². The molecule has 0 saturated heterocycles. The molecule has 0 bridgehead atoms. The molecule has 7 heteroatoms. The fraction of sp³-hybridized carbons (Fsp3) is 0.188.